The molecule has 0 unspecified atom stereocenters. The Morgan fingerprint density at radius 2 is 2.12 bits per heavy atom. The van der Waals surface area contributed by atoms with Gasteiger partial charge >= 0.3 is 0 Å². The third-order valence-electron chi connectivity index (χ3n) is 2.04. The van der Waals surface area contributed by atoms with Gasteiger partial charge in [0.2, 0.25) is 5.89 Å². The maximum absolute atomic E-state index is 9.04. The maximum atomic E-state index is 9.04. The zero-order valence-corrected chi connectivity index (χ0v) is 9.55. The zero-order chi connectivity index (χ0) is 12.1. The molecule has 4 nitrogen and oxygen atoms in total. The first-order chi connectivity index (χ1) is 8.33. The second-order valence-electron chi connectivity index (χ2n) is 3.22. The summed E-state index contributed by atoms with van der Waals surface area (Å²) in [7, 11) is 0. The molecular weight excluding hydrogens is 238 g/mol. The molecule has 0 fully saturated rings. The van der Waals surface area contributed by atoms with Gasteiger partial charge < -0.3 is 4.42 Å². The molecule has 1 heterocycles. The van der Waals surface area contributed by atoms with Crippen molar-refractivity contribution in [3.05, 3.63) is 47.7 Å². The van der Waals surface area contributed by atoms with Crippen LogP contribution in [0.3, 0.4) is 0 Å². The second-order valence-corrected chi connectivity index (χ2v) is 3.48. The normalized spacial score (nSPS) is 11.2. The third kappa shape index (κ3) is 2.71. The molecule has 0 atom stereocenters. The van der Waals surface area contributed by atoms with E-state index in [1.165, 1.54) is 0 Å². The van der Waals surface area contributed by atoms with Gasteiger partial charge in [0, 0.05) is 0 Å². The predicted octanol–water partition coefficient (Wildman–Crippen LogP) is 2.87. The molecule has 0 amide bonds. The van der Waals surface area contributed by atoms with Gasteiger partial charge in [0.05, 0.1) is 0 Å². The summed E-state index contributed by atoms with van der Waals surface area (Å²) in [6.45, 7) is 0. The number of aromatic nitrogens is 2. The Bertz CT molecular complexity index is 569. The number of rotatable bonds is 3. The van der Waals surface area contributed by atoms with Crippen molar-refractivity contribution < 1.29 is 4.42 Å². The quantitative estimate of drug-likeness (QED) is 0.616. The summed E-state index contributed by atoms with van der Waals surface area (Å²) in [5.41, 5.74) is 1.22. The van der Waals surface area contributed by atoms with E-state index in [9.17, 15) is 0 Å². The molecule has 84 valence electrons. The highest BCUT2D eigenvalue weighted by Gasteiger charge is 2.10. The van der Waals surface area contributed by atoms with Crippen LogP contribution in [0.2, 0.25) is 0 Å². The smallest absolute Gasteiger partial charge is 0.258 e. The van der Waals surface area contributed by atoms with Crippen molar-refractivity contribution in [3.63, 3.8) is 0 Å². The minimum Gasteiger partial charge on any atom is -0.419 e. The van der Waals surface area contributed by atoms with Gasteiger partial charge in [-0.3, -0.25) is 0 Å². The number of nitriles is 1. The fraction of sp³-hybridized carbons (Fsp3) is 0.0833. The lowest BCUT2D eigenvalue weighted by molar-refractivity contribution is 0.502. The SMILES string of the molecule is N#CC(=Cc1ccccc1)c1nnc(CCl)o1. The minimum absolute atomic E-state index is 0.136. The van der Waals surface area contributed by atoms with Crippen LogP contribution in [0.4, 0.5) is 0 Å². The van der Waals surface area contributed by atoms with E-state index in [0.717, 1.165) is 5.56 Å². The van der Waals surface area contributed by atoms with E-state index in [-0.39, 0.29) is 11.8 Å². The van der Waals surface area contributed by atoms with E-state index in [4.69, 9.17) is 21.3 Å². The number of nitrogens with zero attached hydrogens (tertiary/aromatic N) is 3. The summed E-state index contributed by atoms with van der Waals surface area (Å²) in [5.74, 6) is 0.625. The third-order valence-corrected chi connectivity index (χ3v) is 2.27. The highest BCUT2D eigenvalue weighted by molar-refractivity contribution is 6.16. The van der Waals surface area contributed by atoms with Gasteiger partial charge in [-0.2, -0.15) is 5.26 Å². The van der Waals surface area contributed by atoms with Crippen LogP contribution in [0.25, 0.3) is 11.6 Å². The number of halogens is 1. The van der Waals surface area contributed by atoms with Crippen molar-refractivity contribution in [2.24, 2.45) is 0 Å². The molecule has 5 heteroatoms. The molecule has 1 aromatic carbocycles. The fourth-order valence-electron chi connectivity index (χ4n) is 1.27. The summed E-state index contributed by atoms with van der Waals surface area (Å²) in [6, 6.07) is 11.5. The van der Waals surface area contributed by atoms with Gasteiger partial charge in [-0.15, -0.1) is 21.8 Å². The lowest BCUT2D eigenvalue weighted by Gasteiger charge is -1.93. The molecule has 17 heavy (non-hydrogen) atoms. The molecule has 0 spiro atoms. The first kappa shape index (κ1) is 11.4. The van der Waals surface area contributed by atoms with Crippen molar-refractivity contribution in [2.75, 3.05) is 0 Å². The van der Waals surface area contributed by atoms with Gasteiger partial charge in [-0.1, -0.05) is 30.3 Å². The largest absolute Gasteiger partial charge is 0.419 e. The molecular formula is C12H8ClN3O. The lowest BCUT2D eigenvalue weighted by Crippen LogP contribution is -1.82. The molecule has 2 rings (SSSR count). The summed E-state index contributed by atoms with van der Waals surface area (Å²) in [6.07, 6.45) is 1.69. The monoisotopic (exact) mass is 245 g/mol. The van der Waals surface area contributed by atoms with Crippen molar-refractivity contribution in [1.82, 2.24) is 10.2 Å². The number of hydrogen-bond donors (Lipinski definition) is 0. The van der Waals surface area contributed by atoms with Crippen LogP contribution < -0.4 is 0 Å². The first-order valence-electron chi connectivity index (χ1n) is 4.89. The summed E-state index contributed by atoms with van der Waals surface area (Å²) >= 11 is 5.55. The highest BCUT2D eigenvalue weighted by atomic mass is 35.5. The van der Waals surface area contributed by atoms with Crippen molar-refractivity contribution in [2.45, 2.75) is 5.88 Å². The van der Waals surface area contributed by atoms with Crippen LogP contribution in [-0.2, 0) is 5.88 Å². The first-order valence-corrected chi connectivity index (χ1v) is 5.42. The molecule has 0 bridgehead atoms. The van der Waals surface area contributed by atoms with Gasteiger partial charge in [0.15, 0.2) is 0 Å². The Balaban J connectivity index is 2.34. The van der Waals surface area contributed by atoms with Crippen LogP contribution in [-0.4, -0.2) is 10.2 Å². The molecule has 1 aromatic heterocycles. The van der Waals surface area contributed by atoms with Crippen molar-refractivity contribution >= 4 is 23.3 Å². The number of benzene rings is 1. The van der Waals surface area contributed by atoms with Crippen molar-refractivity contribution in [3.8, 4) is 6.07 Å². The van der Waals surface area contributed by atoms with E-state index in [0.29, 0.717) is 11.5 Å². The predicted molar refractivity (Wildman–Crippen MR) is 63.8 cm³/mol. The van der Waals surface area contributed by atoms with Gasteiger partial charge in [0.1, 0.15) is 17.5 Å². The topological polar surface area (TPSA) is 62.7 Å². The van der Waals surface area contributed by atoms with Crippen LogP contribution in [0.15, 0.2) is 34.7 Å². The fourth-order valence-corrected chi connectivity index (χ4v) is 1.38. The summed E-state index contributed by atoms with van der Waals surface area (Å²) in [5, 5.41) is 16.5. The van der Waals surface area contributed by atoms with E-state index in [2.05, 4.69) is 10.2 Å². The summed E-state index contributed by atoms with van der Waals surface area (Å²) in [4.78, 5) is 0. The van der Waals surface area contributed by atoms with Gasteiger partial charge in [-0.25, -0.2) is 0 Å². The zero-order valence-electron chi connectivity index (χ0n) is 8.80. The molecule has 0 aliphatic heterocycles. The van der Waals surface area contributed by atoms with Gasteiger partial charge in [0.25, 0.3) is 5.89 Å². The van der Waals surface area contributed by atoms with Crippen LogP contribution >= 0.6 is 11.6 Å². The highest BCUT2D eigenvalue weighted by Crippen LogP contribution is 2.16. The Morgan fingerprint density at radius 1 is 1.35 bits per heavy atom. The van der Waals surface area contributed by atoms with Gasteiger partial charge in [-0.05, 0) is 11.6 Å². The number of allylic oxidation sites excluding steroid dienone is 1. The Kier molecular flexibility index (Phi) is 3.53. The standard InChI is InChI=1S/C12H8ClN3O/c13-7-11-15-16-12(17-11)10(8-14)6-9-4-2-1-3-5-9/h1-6H,7H2. The Morgan fingerprint density at radius 3 is 2.71 bits per heavy atom. The maximum Gasteiger partial charge on any atom is 0.258 e. The van der Waals surface area contributed by atoms with E-state index in [1.54, 1.807) is 6.08 Å². The summed E-state index contributed by atoms with van der Waals surface area (Å²) < 4.78 is 5.21. The molecule has 0 saturated heterocycles. The average molecular weight is 246 g/mol. The number of hydrogen-bond acceptors (Lipinski definition) is 4. The molecule has 0 radical (unpaired) electrons. The lowest BCUT2D eigenvalue weighted by atomic mass is 10.1. The van der Waals surface area contributed by atoms with Crippen LogP contribution in [0, 0.1) is 11.3 Å². The molecule has 0 saturated carbocycles. The average Bonchev–Trinajstić information content (AvgIpc) is 2.86. The number of alkyl halides is 1. The Hall–Kier alpha value is -2.12. The minimum atomic E-state index is 0.136. The van der Waals surface area contributed by atoms with E-state index < -0.39 is 0 Å². The van der Waals surface area contributed by atoms with Crippen LogP contribution in [0.1, 0.15) is 17.3 Å². The van der Waals surface area contributed by atoms with E-state index >= 15 is 0 Å². The molecule has 0 aliphatic carbocycles. The second kappa shape index (κ2) is 5.28. The molecule has 0 aliphatic rings. The molecule has 0 N–H and O–H groups in total. The van der Waals surface area contributed by atoms with Crippen LogP contribution in [0.5, 0.6) is 0 Å². The van der Waals surface area contributed by atoms with E-state index in [1.807, 2.05) is 36.4 Å². The molecule has 2 aromatic rings. The van der Waals surface area contributed by atoms with Crippen molar-refractivity contribution in [1.29, 1.82) is 5.26 Å². The Labute approximate surface area is 103 Å².